The molecule has 20 heavy (non-hydrogen) atoms. The highest BCUT2D eigenvalue weighted by Gasteiger charge is 2.13. The Morgan fingerprint density at radius 3 is 2.80 bits per heavy atom. The molecule has 1 aromatic carbocycles. The first-order valence-electron chi connectivity index (χ1n) is 5.92. The lowest BCUT2D eigenvalue weighted by Gasteiger charge is -2.12. The largest absolute Gasteiger partial charge is 0.481 e. The van der Waals surface area contributed by atoms with Crippen LogP contribution in [0.3, 0.4) is 0 Å². The van der Waals surface area contributed by atoms with Gasteiger partial charge in [0.2, 0.25) is 0 Å². The van der Waals surface area contributed by atoms with Crippen LogP contribution in [0.15, 0.2) is 46.2 Å². The Morgan fingerprint density at radius 2 is 2.15 bits per heavy atom. The van der Waals surface area contributed by atoms with Crippen molar-refractivity contribution in [1.82, 2.24) is 5.43 Å². The van der Waals surface area contributed by atoms with E-state index in [-0.39, 0.29) is 5.91 Å². The Balaban J connectivity index is 1.84. The maximum Gasteiger partial charge on any atom is 0.280 e. The lowest BCUT2D eigenvalue weighted by Crippen LogP contribution is -2.33. The van der Waals surface area contributed by atoms with Crippen LogP contribution in [0.2, 0.25) is 5.02 Å². The Morgan fingerprint density at radius 1 is 1.40 bits per heavy atom. The summed E-state index contributed by atoms with van der Waals surface area (Å²) in [6.07, 6.45) is 0.944. The monoisotopic (exact) mass is 308 g/mol. The standard InChI is InChI=1S/C14H13ClN2O2S/c1-10(19-13-4-2-12(15)3-5-13)14(18)17-16-8-11-6-7-20-9-11/h2-10H,1H3,(H,17,18)/b16-8-/t10-/m1/s1. The molecule has 4 nitrogen and oxygen atoms in total. The van der Waals surface area contributed by atoms with Crippen LogP contribution in [0.4, 0.5) is 0 Å². The topological polar surface area (TPSA) is 50.7 Å². The molecular weight excluding hydrogens is 296 g/mol. The maximum absolute atomic E-state index is 11.8. The number of carbonyl (C=O) groups is 1. The molecule has 0 radical (unpaired) electrons. The molecule has 0 bridgehead atoms. The molecule has 1 heterocycles. The lowest BCUT2D eigenvalue weighted by molar-refractivity contribution is -0.127. The second-order valence-electron chi connectivity index (χ2n) is 4.00. The SMILES string of the molecule is C[C@@H](Oc1ccc(Cl)cc1)C(=O)N/N=C\c1ccsc1. The van der Waals surface area contributed by atoms with Gasteiger partial charge in [0.05, 0.1) is 6.21 Å². The number of hydrazone groups is 1. The number of thiophene rings is 1. The molecule has 1 aromatic heterocycles. The Kier molecular flexibility index (Phi) is 5.15. The first kappa shape index (κ1) is 14.6. The summed E-state index contributed by atoms with van der Waals surface area (Å²) in [6, 6.07) is 8.74. The van der Waals surface area contributed by atoms with Gasteiger partial charge in [0.25, 0.3) is 5.91 Å². The predicted molar refractivity (Wildman–Crippen MR) is 81.6 cm³/mol. The third kappa shape index (κ3) is 4.36. The minimum atomic E-state index is -0.643. The van der Waals surface area contributed by atoms with Crippen molar-refractivity contribution in [3.8, 4) is 5.75 Å². The van der Waals surface area contributed by atoms with Gasteiger partial charge >= 0.3 is 0 Å². The van der Waals surface area contributed by atoms with Gasteiger partial charge in [-0.05, 0) is 48.0 Å². The molecule has 0 aliphatic rings. The van der Waals surface area contributed by atoms with E-state index in [1.165, 1.54) is 0 Å². The molecule has 1 atom stereocenters. The molecule has 0 saturated heterocycles. The van der Waals surface area contributed by atoms with E-state index in [1.54, 1.807) is 48.7 Å². The van der Waals surface area contributed by atoms with Crippen molar-refractivity contribution in [2.45, 2.75) is 13.0 Å². The zero-order valence-electron chi connectivity index (χ0n) is 10.7. The summed E-state index contributed by atoms with van der Waals surface area (Å²) in [4.78, 5) is 11.8. The number of amides is 1. The summed E-state index contributed by atoms with van der Waals surface area (Å²) in [5.74, 6) is 0.269. The molecule has 0 spiro atoms. The number of halogens is 1. The summed E-state index contributed by atoms with van der Waals surface area (Å²) < 4.78 is 5.48. The number of nitrogens with zero attached hydrogens (tertiary/aromatic N) is 1. The third-order valence-electron chi connectivity index (χ3n) is 2.43. The fourth-order valence-electron chi connectivity index (χ4n) is 1.38. The van der Waals surface area contributed by atoms with E-state index in [2.05, 4.69) is 10.5 Å². The van der Waals surface area contributed by atoms with Gasteiger partial charge in [0.1, 0.15) is 5.75 Å². The van der Waals surface area contributed by atoms with Crippen molar-refractivity contribution < 1.29 is 9.53 Å². The van der Waals surface area contributed by atoms with Gasteiger partial charge in [0, 0.05) is 10.6 Å². The summed E-state index contributed by atoms with van der Waals surface area (Å²) in [6.45, 7) is 1.66. The second kappa shape index (κ2) is 7.07. The highest BCUT2D eigenvalue weighted by molar-refractivity contribution is 7.08. The average molecular weight is 309 g/mol. The zero-order valence-corrected chi connectivity index (χ0v) is 12.3. The number of benzene rings is 1. The van der Waals surface area contributed by atoms with Gasteiger partial charge in [0.15, 0.2) is 6.10 Å². The van der Waals surface area contributed by atoms with Gasteiger partial charge in [-0.25, -0.2) is 5.43 Å². The van der Waals surface area contributed by atoms with Crippen molar-refractivity contribution >= 4 is 35.1 Å². The number of nitrogens with one attached hydrogen (secondary N) is 1. The first-order chi connectivity index (χ1) is 9.65. The van der Waals surface area contributed by atoms with E-state index < -0.39 is 6.10 Å². The highest BCUT2D eigenvalue weighted by Crippen LogP contribution is 2.16. The Labute approximate surface area is 126 Å². The predicted octanol–water partition coefficient (Wildman–Crippen LogP) is 3.32. The molecule has 0 unspecified atom stereocenters. The molecule has 6 heteroatoms. The van der Waals surface area contributed by atoms with Crippen LogP contribution >= 0.6 is 22.9 Å². The average Bonchev–Trinajstić information content (AvgIpc) is 2.94. The maximum atomic E-state index is 11.8. The van der Waals surface area contributed by atoms with Crippen LogP contribution in [0.1, 0.15) is 12.5 Å². The van der Waals surface area contributed by atoms with E-state index in [9.17, 15) is 4.79 Å². The van der Waals surface area contributed by atoms with Gasteiger partial charge in [-0.15, -0.1) is 0 Å². The molecule has 1 N–H and O–H groups in total. The van der Waals surface area contributed by atoms with Crippen molar-refractivity contribution in [1.29, 1.82) is 0 Å². The number of hydrogen-bond donors (Lipinski definition) is 1. The summed E-state index contributed by atoms with van der Waals surface area (Å²) in [7, 11) is 0. The minimum absolute atomic E-state index is 0.313. The number of rotatable bonds is 5. The highest BCUT2D eigenvalue weighted by atomic mass is 35.5. The fraction of sp³-hybridized carbons (Fsp3) is 0.143. The smallest absolute Gasteiger partial charge is 0.280 e. The van der Waals surface area contributed by atoms with Crippen molar-refractivity contribution in [2.24, 2.45) is 5.10 Å². The summed E-state index contributed by atoms with van der Waals surface area (Å²) in [5, 5.41) is 8.37. The van der Waals surface area contributed by atoms with Crippen LogP contribution in [-0.2, 0) is 4.79 Å². The first-order valence-corrected chi connectivity index (χ1v) is 7.24. The van der Waals surface area contributed by atoms with E-state index in [4.69, 9.17) is 16.3 Å². The van der Waals surface area contributed by atoms with E-state index in [1.807, 2.05) is 16.8 Å². The molecule has 0 saturated carbocycles. The van der Waals surface area contributed by atoms with Crippen LogP contribution in [0.25, 0.3) is 0 Å². The van der Waals surface area contributed by atoms with Crippen molar-refractivity contribution in [3.05, 3.63) is 51.7 Å². The van der Waals surface area contributed by atoms with Crippen molar-refractivity contribution in [2.75, 3.05) is 0 Å². The molecule has 2 rings (SSSR count). The summed E-state index contributed by atoms with van der Waals surface area (Å²) in [5.41, 5.74) is 3.38. The lowest BCUT2D eigenvalue weighted by atomic mass is 10.3. The number of carbonyl (C=O) groups excluding carboxylic acids is 1. The molecular formula is C14H13ClN2O2S. The minimum Gasteiger partial charge on any atom is -0.481 e. The van der Waals surface area contributed by atoms with Crippen LogP contribution in [0.5, 0.6) is 5.75 Å². The van der Waals surface area contributed by atoms with Gasteiger partial charge in [-0.1, -0.05) is 11.6 Å². The molecule has 0 aliphatic heterocycles. The number of ether oxygens (including phenoxy) is 1. The van der Waals surface area contributed by atoms with Gasteiger partial charge in [-0.3, -0.25) is 4.79 Å². The normalized spacial score (nSPS) is 12.3. The fourth-order valence-corrected chi connectivity index (χ4v) is 2.12. The van der Waals surface area contributed by atoms with Crippen LogP contribution < -0.4 is 10.2 Å². The van der Waals surface area contributed by atoms with Gasteiger partial charge < -0.3 is 4.74 Å². The Hall–Kier alpha value is -1.85. The van der Waals surface area contributed by atoms with E-state index in [0.29, 0.717) is 10.8 Å². The molecule has 2 aromatic rings. The third-order valence-corrected chi connectivity index (χ3v) is 3.38. The van der Waals surface area contributed by atoms with Crippen molar-refractivity contribution in [3.63, 3.8) is 0 Å². The van der Waals surface area contributed by atoms with E-state index in [0.717, 1.165) is 5.56 Å². The second-order valence-corrected chi connectivity index (χ2v) is 5.22. The van der Waals surface area contributed by atoms with E-state index >= 15 is 0 Å². The zero-order chi connectivity index (χ0) is 14.4. The quantitative estimate of drug-likeness (QED) is 0.680. The molecule has 104 valence electrons. The molecule has 0 aliphatic carbocycles. The molecule has 1 amide bonds. The van der Waals surface area contributed by atoms with Crippen LogP contribution in [-0.4, -0.2) is 18.2 Å². The summed E-state index contributed by atoms with van der Waals surface area (Å²) >= 11 is 7.34. The molecule has 0 fully saturated rings. The van der Waals surface area contributed by atoms with Crippen LogP contribution in [0, 0.1) is 0 Å². The number of hydrogen-bond acceptors (Lipinski definition) is 4. The Bertz CT molecular complexity index is 582. The van der Waals surface area contributed by atoms with Gasteiger partial charge in [-0.2, -0.15) is 16.4 Å².